The van der Waals surface area contributed by atoms with Crippen LogP contribution < -0.4 is 10.2 Å². The zero-order valence-corrected chi connectivity index (χ0v) is 19.0. The summed E-state index contributed by atoms with van der Waals surface area (Å²) in [4.78, 5) is 25.6. The molecule has 33 heavy (non-hydrogen) atoms. The molecule has 0 radical (unpaired) electrons. The van der Waals surface area contributed by atoms with E-state index >= 15 is 0 Å². The summed E-state index contributed by atoms with van der Waals surface area (Å²) in [5.74, 6) is -0.0267. The minimum absolute atomic E-state index is 0.0703. The van der Waals surface area contributed by atoms with Gasteiger partial charge in [-0.1, -0.05) is 30.2 Å². The van der Waals surface area contributed by atoms with Gasteiger partial charge in [0.05, 0.1) is 16.2 Å². The molecule has 8 heteroatoms. The van der Waals surface area contributed by atoms with Gasteiger partial charge in [-0.05, 0) is 62.2 Å². The molecule has 2 aliphatic heterocycles. The fraction of sp³-hybridized carbons (Fsp3) is 0.320. The van der Waals surface area contributed by atoms with Crippen LogP contribution in [0.5, 0.6) is 0 Å². The molecule has 3 aromatic rings. The van der Waals surface area contributed by atoms with Gasteiger partial charge in [-0.25, -0.2) is 14.4 Å². The number of hydrogen-bond donors (Lipinski definition) is 1. The zero-order valence-electron chi connectivity index (χ0n) is 18.2. The van der Waals surface area contributed by atoms with Crippen molar-refractivity contribution in [1.82, 2.24) is 14.9 Å². The number of likely N-dealkylation sites (tertiary alicyclic amines) is 1. The van der Waals surface area contributed by atoms with Crippen molar-refractivity contribution in [3.8, 4) is 0 Å². The second-order valence-electron chi connectivity index (χ2n) is 8.41. The highest BCUT2D eigenvalue weighted by atomic mass is 35.5. The largest absolute Gasteiger partial charge is 0.323 e. The first-order valence-electron chi connectivity index (χ1n) is 11.3. The third-order valence-electron chi connectivity index (χ3n) is 6.29. The Kier molecular flexibility index (Phi) is 6.24. The smallest absolute Gasteiger partial charge is 0.248 e. The van der Waals surface area contributed by atoms with Gasteiger partial charge in [0.1, 0.15) is 12.1 Å². The average Bonchev–Trinajstić information content (AvgIpc) is 2.84. The van der Waals surface area contributed by atoms with Crippen molar-refractivity contribution >= 4 is 45.6 Å². The van der Waals surface area contributed by atoms with E-state index in [-0.39, 0.29) is 10.9 Å². The first-order chi connectivity index (χ1) is 16.1. The summed E-state index contributed by atoms with van der Waals surface area (Å²) in [6.45, 7) is 3.48. The molecule has 6 nitrogen and oxygen atoms in total. The quantitative estimate of drug-likeness (QED) is 0.531. The van der Waals surface area contributed by atoms with E-state index in [1.54, 1.807) is 18.2 Å². The summed E-state index contributed by atoms with van der Waals surface area (Å²) < 4.78 is 14.8. The lowest BCUT2D eigenvalue weighted by Crippen LogP contribution is -2.29. The van der Waals surface area contributed by atoms with Crippen molar-refractivity contribution < 1.29 is 9.18 Å². The van der Waals surface area contributed by atoms with Crippen molar-refractivity contribution in [2.24, 2.45) is 0 Å². The summed E-state index contributed by atoms with van der Waals surface area (Å²) in [6, 6.07) is 8.68. The highest BCUT2D eigenvalue weighted by Gasteiger charge is 2.26. The third-order valence-corrected chi connectivity index (χ3v) is 6.59. The van der Waals surface area contributed by atoms with Crippen LogP contribution in [0, 0.1) is 5.82 Å². The van der Waals surface area contributed by atoms with Crippen molar-refractivity contribution in [3.63, 3.8) is 0 Å². The minimum Gasteiger partial charge on any atom is -0.323 e. The SMILES string of the molecule is O=C(/C=C/CN1CCCCC1)Nc1ccc2ncnc3c2c1CCN3c1cccc(Cl)c1F. The summed E-state index contributed by atoms with van der Waals surface area (Å²) in [5, 5.41) is 3.90. The molecular formula is C25H25ClFN5O. The molecular weight excluding hydrogens is 441 g/mol. The number of halogens is 2. The average molecular weight is 466 g/mol. The van der Waals surface area contributed by atoms with Gasteiger partial charge in [0.25, 0.3) is 0 Å². The summed E-state index contributed by atoms with van der Waals surface area (Å²) in [6.07, 6.45) is 9.34. The van der Waals surface area contributed by atoms with Gasteiger partial charge in [0.2, 0.25) is 5.91 Å². The Hall–Kier alpha value is -3.03. The van der Waals surface area contributed by atoms with Crippen LogP contribution in [0.3, 0.4) is 0 Å². The van der Waals surface area contributed by atoms with Crippen molar-refractivity contribution in [3.05, 3.63) is 65.2 Å². The summed E-state index contributed by atoms with van der Waals surface area (Å²) in [5.41, 5.74) is 2.82. The molecule has 1 fully saturated rings. The predicted octanol–water partition coefficient (Wildman–Crippen LogP) is 5.10. The second kappa shape index (κ2) is 9.45. The molecule has 0 bridgehead atoms. The van der Waals surface area contributed by atoms with Gasteiger partial charge < -0.3 is 10.2 Å². The molecule has 2 aliphatic rings. The third kappa shape index (κ3) is 4.43. The number of amides is 1. The number of aromatic nitrogens is 2. The fourth-order valence-electron chi connectivity index (χ4n) is 4.67. The molecule has 1 N–H and O–H groups in total. The monoisotopic (exact) mass is 465 g/mol. The zero-order chi connectivity index (χ0) is 22.8. The molecule has 1 aromatic heterocycles. The molecule has 5 rings (SSSR count). The van der Waals surface area contributed by atoms with Crippen LogP contribution >= 0.6 is 11.6 Å². The highest BCUT2D eigenvalue weighted by molar-refractivity contribution is 6.31. The number of benzene rings is 2. The van der Waals surface area contributed by atoms with Crippen molar-refractivity contribution in [2.75, 3.05) is 36.4 Å². The molecule has 0 aliphatic carbocycles. The lowest BCUT2D eigenvalue weighted by molar-refractivity contribution is -0.111. The van der Waals surface area contributed by atoms with E-state index in [1.165, 1.54) is 31.7 Å². The van der Waals surface area contributed by atoms with Gasteiger partial charge in [0, 0.05) is 30.2 Å². The molecule has 2 aromatic carbocycles. The Morgan fingerprint density at radius 2 is 1.97 bits per heavy atom. The van der Waals surface area contributed by atoms with Crippen LogP contribution in [0.15, 0.2) is 48.8 Å². The topological polar surface area (TPSA) is 61.4 Å². The van der Waals surface area contributed by atoms with E-state index in [4.69, 9.17) is 11.6 Å². The van der Waals surface area contributed by atoms with E-state index in [0.717, 1.165) is 41.8 Å². The van der Waals surface area contributed by atoms with Crippen LogP contribution in [-0.2, 0) is 11.2 Å². The molecule has 0 spiro atoms. The standard InChI is InChI=1S/C25H25ClFN5O/c26-18-6-4-7-21(24(18)27)32-15-11-17-19(9-10-20-23(17)25(32)29-16-28-20)30-22(33)8-5-14-31-12-2-1-3-13-31/h4-10,16H,1-3,11-15H2,(H,30,33)/b8-5+. The normalized spacial score (nSPS) is 16.5. The number of piperidine rings is 1. The van der Waals surface area contributed by atoms with Crippen molar-refractivity contribution in [1.29, 1.82) is 0 Å². The molecule has 170 valence electrons. The number of anilines is 3. The van der Waals surface area contributed by atoms with E-state index < -0.39 is 5.82 Å². The van der Waals surface area contributed by atoms with E-state index in [0.29, 0.717) is 24.5 Å². The number of carbonyl (C=O) groups is 1. The number of carbonyl (C=O) groups excluding carboxylic acids is 1. The molecule has 0 unspecified atom stereocenters. The minimum atomic E-state index is -0.474. The van der Waals surface area contributed by atoms with E-state index in [2.05, 4.69) is 20.2 Å². The number of hydrogen-bond acceptors (Lipinski definition) is 5. The Labute approximate surface area is 197 Å². The van der Waals surface area contributed by atoms with Crippen molar-refractivity contribution in [2.45, 2.75) is 25.7 Å². The van der Waals surface area contributed by atoms with E-state index in [9.17, 15) is 9.18 Å². The van der Waals surface area contributed by atoms with Crippen LogP contribution in [0.4, 0.5) is 21.6 Å². The Morgan fingerprint density at radius 1 is 1.12 bits per heavy atom. The van der Waals surface area contributed by atoms with Crippen LogP contribution in [0.2, 0.25) is 5.02 Å². The first-order valence-corrected chi connectivity index (χ1v) is 11.7. The van der Waals surface area contributed by atoms with Crippen LogP contribution in [-0.4, -0.2) is 47.0 Å². The van der Waals surface area contributed by atoms with Gasteiger partial charge in [-0.2, -0.15) is 0 Å². The first kappa shape index (κ1) is 21.8. The fourth-order valence-corrected chi connectivity index (χ4v) is 4.84. The number of nitrogens with one attached hydrogen (secondary N) is 1. The van der Waals surface area contributed by atoms with Crippen LogP contribution in [0.1, 0.15) is 24.8 Å². The molecule has 3 heterocycles. The highest BCUT2D eigenvalue weighted by Crippen LogP contribution is 2.40. The Bertz CT molecular complexity index is 1220. The molecule has 1 amide bonds. The molecule has 0 saturated carbocycles. The Morgan fingerprint density at radius 3 is 2.82 bits per heavy atom. The Balaban J connectivity index is 1.41. The summed E-state index contributed by atoms with van der Waals surface area (Å²) in [7, 11) is 0. The second-order valence-corrected chi connectivity index (χ2v) is 8.82. The maximum atomic E-state index is 14.8. The lowest BCUT2D eigenvalue weighted by Gasteiger charge is -2.31. The van der Waals surface area contributed by atoms with Gasteiger partial charge in [0.15, 0.2) is 5.82 Å². The maximum absolute atomic E-state index is 14.8. The predicted molar refractivity (Wildman–Crippen MR) is 130 cm³/mol. The molecule has 0 atom stereocenters. The number of rotatable bonds is 5. The van der Waals surface area contributed by atoms with Crippen LogP contribution in [0.25, 0.3) is 10.9 Å². The molecule has 1 saturated heterocycles. The van der Waals surface area contributed by atoms with Gasteiger partial charge in [-0.15, -0.1) is 0 Å². The van der Waals surface area contributed by atoms with E-state index in [1.807, 2.05) is 23.1 Å². The van der Waals surface area contributed by atoms with Gasteiger partial charge in [-0.3, -0.25) is 9.69 Å². The maximum Gasteiger partial charge on any atom is 0.248 e. The van der Waals surface area contributed by atoms with Gasteiger partial charge >= 0.3 is 0 Å². The lowest BCUT2D eigenvalue weighted by atomic mass is 9.98. The summed E-state index contributed by atoms with van der Waals surface area (Å²) >= 11 is 6.02. The number of nitrogens with zero attached hydrogens (tertiary/aromatic N) is 4.